The predicted molar refractivity (Wildman–Crippen MR) is 149 cm³/mol. The molecular weight excluding hydrogens is 546 g/mol. The van der Waals surface area contributed by atoms with Gasteiger partial charge in [0.2, 0.25) is 0 Å². The summed E-state index contributed by atoms with van der Waals surface area (Å²) < 4.78 is 26.4. The zero-order valence-electron chi connectivity index (χ0n) is 22.2. The van der Waals surface area contributed by atoms with Crippen LogP contribution in [-0.4, -0.2) is 82.8 Å². The van der Waals surface area contributed by atoms with Gasteiger partial charge < -0.3 is 25.0 Å². The summed E-state index contributed by atoms with van der Waals surface area (Å²) in [6, 6.07) is 5.17. The Labute approximate surface area is 237 Å². The second kappa shape index (κ2) is 11.9. The van der Waals surface area contributed by atoms with E-state index < -0.39 is 18.3 Å². The van der Waals surface area contributed by atoms with Crippen LogP contribution in [0.2, 0.25) is 10.0 Å². The SMILES string of the molecule is CNC[C@@H](O)COc1ccc(Cl)c(-c2nc(N[C@@H]3CCN(C4CC4)C[C@@H]3F)c(Cl)c(-c3c(C)noc3C)n2)c1. The number of nitrogens with zero attached hydrogens (tertiary/aromatic N) is 4. The molecule has 0 unspecified atom stereocenters. The highest BCUT2D eigenvalue weighted by atomic mass is 35.5. The summed E-state index contributed by atoms with van der Waals surface area (Å²) >= 11 is 13.5. The minimum absolute atomic E-state index is 0.0952. The van der Waals surface area contributed by atoms with Gasteiger partial charge in [-0.3, -0.25) is 4.90 Å². The summed E-state index contributed by atoms with van der Waals surface area (Å²) in [5, 5.41) is 20.9. The Balaban J connectivity index is 1.50. The van der Waals surface area contributed by atoms with Crippen LogP contribution >= 0.6 is 23.2 Å². The van der Waals surface area contributed by atoms with Gasteiger partial charge in [-0.2, -0.15) is 0 Å². The number of rotatable bonds is 10. The lowest BCUT2D eigenvalue weighted by Crippen LogP contribution is -2.48. The summed E-state index contributed by atoms with van der Waals surface area (Å²) in [7, 11) is 1.76. The number of likely N-dealkylation sites (tertiary alicyclic amines) is 1. The van der Waals surface area contributed by atoms with E-state index in [1.54, 1.807) is 39.1 Å². The van der Waals surface area contributed by atoms with Crippen molar-refractivity contribution in [2.45, 2.75) is 57.5 Å². The average molecular weight is 580 g/mol. The van der Waals surface area contributed by atoms with E-state index in [4.69, 9.17) is 42.4 Å². The highest BCUT2D eigenvalue weighted by molar-refractivity contribution is 6.35. The molecule has 1 aliphatic heterocycles. The molecule has 3 atom stereocenters. The number of ether oxygens (including phenoxy) is 1. The van der Waals surface area contributed by atoms with Crippen LogP contribution in [-0.2, 0) is 0 Å². The molecule has 1 aliphatic carbocycles. The maximum Gasteiger partial charge on any atom is 0.163 e. The third-order valence-electron chi connectivity index (χ3n) is 7.14. The normalized spacial score (nSPS) is 20.7. The monoisotopic (exact) mass is 578 g/mol. The van der Waals surface area contributed by atoms with E-state index >= 15 is 4.39 Å². The van der Waals surface area contributed by atoms with Crippen molar-refractivity contribution >= 4 is 29.0 Å². The molecule has 9 nitrogen and oxygen atoms in total. The number of aliphatic hydroxyl groups is 1. The molecule has 2 aliphatic rings. The van der Waals surface area contributed by atoms with Crippen LogP contribution in [0.3, 0.4) is 0 Å². The topological polar surface area (TPSA) is 109 Å². The Kier molecular flexibility index (Phi) is 8.58. The van der Waals surface area contributed by atoms with Crippen LogP contribution in [0.4, 0.5) is 10.2 Å². The van der Waals surface area contributed by atoms with Gasteiger partial charge >= 0.3 is 0 Å². The van der Waals surface area contributed by atoms with Gasteiger partial charge in [-0.15, -0.1) is 0 Å². The number of nitrogens with one attached hydrogen (secondary N) is 2. The lowest BCUT2D eigenvalue weighted by Gasteiger charge is -2.35. The molecule has 39 heavy (non-hydrogen) atoms. The molecule has 1 saturated carbocycles. The third kappa shape index (κ3) is 6.30. The van der Waals surface area contributed by atoms with E-state index in [0.717, 1.165) is 19.4 Å². The summed E-state index contributed by atoms with van der Waals surface area (Å²) in [6.07, 6.45) is 1.17. The zero-order valence-corrected chi connectivity index (χ0v) is 23.7. The quantitative estimate of drug-likeness (QED) is 0.316. The van der Waals surface area contributed by atoms with Gasteiger partial charge in [-0.05, 0) is 58.4 Å². The van der Waals surface area contributed by atoms with Gasteiger partial charge in [-0.1, -0.05) is 28.4 Å². The molecule has 0 radical (unpaired) electrons. The maximum atomic E-state index is 15.3. The van der Waals surface area contributed by atoms with Crippen molar-refractivity contribution in [3.8, 4) is 28.4 Å². The second-order valence-corrected chi connectivity index (χ2v) is 11.0. The molecule has 1 aromatic carbocycles. The molecular formula is C27H33Cl2FN6O3. The highest BCUT2D eigenvalue weighted by Gasteiger charge is 2.37. The molecule has 1 saturated heterocycles. The van der Waals surface area contributed by atoms with Crippen LogP contribution < -0.4 is 15.4 Å². The largest absolute Gasteiger partial charge is 0.491 e. The Morgan fingerprint density at radius 3 is 2.69 bits per heavy atom. The third-order valence-corrected chi connectivity index (χ3v) is 7.83. The van der Waals surface area contributed by atoms with E-state index in [1.807, 2.05) is 0 Å². The first kappa shape index (κ1) is 28.0. The first-order chi connectivity index (χ1) is 18.7. The predicted octanol–water partition coefficient (Wildman–Crippen LogP) is 4.67. The van der Waals surface area contributed by atoms with Crippen molar-refractivity contribution in [1.29, 1.82) is 0 Å². The van der Waals surface area contributed by atoms with E-state index in [-0.39, 0.29) is 17.5 Å². The molecule has 2 fully saturated rings. The second-order valence-electron chi connectivity index (χ2n) is 10.2. The number of benzene rings is 1. The van der Waals surface area contributed by atoms with E-state index in [2.05, 4.69) is 20.7 Å². The summed E-state index contributed by atoms with van der Waals surface area (Å²) in [4.78, 5) is 11.7. The van der Waals surface area contributed by atoms with E-state index in [0.29, 0.717) is 70.4 Å². The fraction of sp³-hybridized carbons (Fsp3) is 0.519. The number of hydrogen-bond donors (Lipinski definition) is 3. The number of likely N-dealkylation sites (N-methyl/N-ethyl adjacent to an activating group) is 1. The fourth-order valence-electron chi connectivity index (χ4n) is 4.94. The number of piperidine rings is 1. The van der Waals surface area contributed by atoms with Gasteiger partial charge in [0.25, 0.3) is 0 Å². The molecule has 5 rings (SSSR count). The molecule has 3 N–H and O–H groups in total. The first-order valence-corrected chi connectivity index (χ1v) is 13.9. The van der Waals surface area contributed by atoms with Crippen LogP contribution in [0.5, 0.6) is 5.75 Å². The Morgan fingerprint density at radius 2 is 2.03 bits per heavy atom. The number of aromatic nitrogens is 3. The van der Waals surface area contributed by atoms with Crippen molar-refractivity contribution in [2.24, 2.45) is 0 Å². The average Bonchev–Trinajstić information content (AvgIpc) is 3.71. The molecule has 3 aromatic rings. The van der Waals surface area contributed by atoms with Gasteiger partial charge in [0.15, 0.2) is 5.82 Å². The van der Waals surface area contributed by atoms with Crippen LogP contribution in [0.1, 0.15) is 30.7 Å². The van der Waals surface area contributed by atoms with Gasteiger partial charge in [0, 0.05) is 31.2 Å². The first-order valence-electron chi connectivity index (χ1n) is 13.2. The lowest BCUT2D eigenvalue weighted by molar-refractivity contribution is 0.108. The number of hydrogen-bond acceptors (Lipinski definition) is 9. The Bertz CT molecular complexity index is 1300. The number of alkyl halides is 1. The molecule has 3 heterocycles. The maximum absolute atomic E-state index is 15.3. The molecule has 0 bridgehead atoms. The number of aryl methyl sites for hydroxylation is 2. The summed E-state index contributed by atoms with van der Waals surface area (Å²) in [6.45, 7) is 5.28. The van der Waals surface area contributed by atoms with E-state index in [9.17, 15) is 5.11 Å². The fourth-order valence-corrected chi connectivity index (χ4v) is 5.38. The van der Waals surface area contributed by atoms with E-state index in [1.165, 1.54) is 0 Å². The van der Waals surface area contributed by atoms with Crippen molar-refractivity contribution in [1.82, 2.24) is 25.3 Å². The standard InChI is InChI=1S/C27H33Cl2FN6O3/c1-14-23(15(2)39-35-14)25-24(29)27(32-22-8-9-36(12-21(22)30)16-4-5-16)34-26(33-25)19-10-18(6-7-20(19)28)38-13-17(37)11-31-3/h6-7,10,16-17,21-22,31,37H,4-5,8-9,11-13H2,1-3H3,(H,32,33,34)/t17-,21+,22-/m1/s1. The molecule has 210 valence electrons. The van der Waals surface area contributed by atoms with Gasteiger partial charge in [0.05, 0.1) is 22.3 Å². The Morgan fingerprint density at radius 1 is 1.23 bits per heavy atom. The van der Waals surface area contributed by atoms with Crippen molar-refractivity contribution in [3.05, 3.63) is 39.7 Å². The van der Waals surface area contributed by atoms with Gasteiger partial charge in [0.1, 0.15) is 46.9 Å². The summed E-state index contributed by atoms with van der Waals surface area (Å²) in [5.41, 5.74) is 2.18. The van der Waals surface area contributed by atoms with Gasteiger partial charge in [-0.25, -0.2) is 14.4 Å². The zero-order chi connectivity index (χ0) is 27.7. The molecule has 0 spiro atoms. The Hall–Kier alpha value is -2.50. The molecule has 12 heteroatoms. The molecule has 2 aromatic heterocycles. The molecule has 0 amide bonds. The minimum Gasteiger partial charge on any atom is -0.491 e. The number of halogens is 3. The van der Waals surface area contributed by atoms with Crippen LogP contribution in [0, 0.1) is 13.8 Å². The number of aliphatic hydroxyl groups excluding tert-OH is 1. The summed E-state index contributed by atoms with van der Waals surface area (Å²) in [5.74, 6) is 1.64. The van der Waals surface area contributed by atoms with Crippen molar-refractivity contribution in [2.75, 3.05) is 38.6 Å². The minimum atomic E-state index is -1.07. The van der Waals surface area contributed by atoms with Crippen molar-refractivity contribution < 1.29 is 18.8 Å². The smallest absolute Gasteiger partial charge is 0.163 e. The van der Waals surface area contributed by atoms with Crippen LogP contribution in [0.25, 0.3) is 22.6 Å². The number of anilines is 1. The van der Waals surface area contributed by atoms with Crippen molar-refractivity contribution in [3.63, 3.8) is 0 Å². The lowest BCUT2D eigenvalue weighted by atomic mass is 10.0. The van der Waals surface area contributed by atoms with Crippen LogP contribution in [0.15, 0.2) is 22.7 Å². The highest BCUT2D eigenvalue weighted by Crippen LogP contribution is 2.39.